The number of halogens is 4. The fraction of sp³-hybridized carbons (Fsp3) is 0.0476. The van der Waals surface area contributed by atoms with Crippen molar-refractivity contribution >= 4 is 59.7 Å². The van der Waals surface area contributed by atoms with Crippen molar-refractivity contribution in [1.82, 2.24) is 0 Å². The van der Waals surface area contributed by atoms with Gasteiger partial charge in [-0.2, -0.15) is 29.8 Å². The summed E-state index contributed by atoms with van der Waals surface area (Å²) in [5, 5.41) is 2.63. The Morgan fingerprint density at radius 3 is 2.19 bits per heavy atom. The van der Waals surface area contributed by atoms with Crippen LogP contribution in [-0.2, 0) is 20.8 Å². The van der Waals surface area contributed by atoms with Crippen LogP contribution in [-0.4, -0.2) is 0 Å². The Balaban J connectivity index is 0.000000163. The van der Waals surface area contributed by atoms with Gasteiger partial charge in [-0.15, -0.1) is 34.5 Å². The van der Waals surface area contributed by atoms with Crippen molar-refractivity contribution in [2.45, 2.75) is 6.92 Å². The number of hydrogen-bond acceptors (Lipinski definition) is 0. The normalized spacial score (nSPS) is 9.58. The second-order valence-electron chi connectivity index (χ2n) is 5.53. The van der Waals surface area contributed by atoms with Gasteiger partial charge in [0.15, 0.2) is 0 Å². The minimum absolute atomic E-state index is 0.826. The van der Waals surface area contributed by atoms with Crippen molar-refractivity contribution in [2.75, 3.05) is 0 Å². The summed E-state index contributed by atoms with van der Waals surface area (Å²) in [4.78, 5) is 0. The molecule has 0 nitrogen and oxygen atoms in total. The molecule has 0 unspecified atom stereocenters. The third-order valence-electron chi connectivity index (χ3n) is 3.68. The van der Waals surface area contributed by atoms with Crippen LogP contribution in [0.2, 0.25) is 0 Å². The average Bonchev–Trinajstić information content (AvgIpc) is 3.27. The van der Waals surface area contributed by atoms with Crippen LogP contribution in [0, 0.1) is 6.92 Å². The molecule has 0 amide bonds. The molecule has 4 rings (SSSR count). The van der Waals surface area contributed by atoms with Gasteiger partial charge in [-0.1, -0.05) is 62.5 Å². The van der Waals surface area contributed by atoms with Gasteiger partial charge in [0.2, 0.25) is 0 Å². The van der Waals surface area contributed by atoms with E-state index in [4.69, 9.17) is 17.0 Å². The topological polar surface area (TPSA) is 0 Å². The predicted octanol–water partition coefficient (Wildman–Crippen LogP) is 8.84. The average molecular weight is 590 g/mol. The Hall–Kier alpha value is -0.177. The third kappa shape index (κ3) is 6.77. The van der Waals surface area contributed by atoms with Crippen LogP contribution in [0.5, 0.6) is 0 Å². The second kappa shape index (κ2) is 11.6. The van der Waals surface area contributed by atoms with Gasteiger partial charge in [0.05, 0.1) is 0 Å². The molecule has 26 heavy (non-hydrogen) atoms. The molecule has 0 aliphatic rings. The zero-order valence-corrected chi connectivity index (χ0v) is 21.2. The molecule has 5 heteroatoms. The molecule has 0 bridgehead atoms. The van der Waals surface area contributed by atoms with Gasteiger partial charge in [-0.05, 0) is 16.6 Å². The fourth-order valence-corrected chi connectivity index (χ4v) is 3.32. The molecule has 0 spiro atoms. The Morgan fingerprint density at radius 2 is 1.62 bits per heavy atom. The maximum absolute atomic E-state index is 4.93. The molecule has 0 fully saturated rings. The first-order valence-electron chi connectivity index (χ1n) is 7.80. The predicted molar refractivity (Wildman–Crippen MR) is 119 cm³/mol. The van der Waals surface area contributed by atoms with Gasteiger partial charge < -0.3 is 0 Å². The monoisotopic (exact) mass is 586 g/mol. The number of rotatable bonds is 1. The Bertz CT molecular complexity index is 913. The maximum atomic E-state index is 4.93. The van der Waals surface area contributed by atoms with Crippen molar-refractivity contribution in [3.05, 3.63) is 93.4 Å². The zero-order chi connectivity index (χ0) is 18.9. The van der Waals surface area contributed by atoms with Crippen molar-refractivity contribution in [3.8, 4) is 11.1 Å². The van der Waals surface area contributed by atoms with Gasteiger partial charge in [0.1, 0.15) is 0 Å². The van der Waals surface area contributed by atoms with Crippen LogP contribution in [0.3, 0.4) is 0 Å². The van der Waals surface area contributed by atoms with Crippen LogP contribution < -0.4 is 0 Å². The first kappa shape index (κ1) is 22.1. The molecular formula is C21H16Br2Cl2Zr. The summed E-state index contributed by atoms with van der Waals surface area (Å²) in [7, 11) is 9.87. The van der Waals surface area contributed by atoms with E-state index in [0.29, 0.717) is 0 Å². The molecule has 0 aromatic heterocycles. The summed E-state index contributed by atoms with van der Waals surface area (Å²) in [6.45, 7) is 2.12. The summed E-state index contributed by atoms with van der Waals surface area (Å²) in [5.74, 6) is 0. The quantitative estimate of drug-likeness (QED) is 0.195. The molecule has 4 aromatic carbocycles. The van der Waals surface area contributed by atoms with Crippen LogP contribution in [0.4, 0.5) is 0 Å². The zero-order valence-electron chi connectivity index (χ0n) is 14.0. The van der Waals surface area contributed by atoms with Crippen molar-refractivity contribution in [2.24, 2.45) is 0 Å². The Kier molecular flexibility index (Phi) is 9.88. The first-order chi connectivity index (χ1) is 12.5. The van der Waals surface area contributed by atoms with Crippen LogP contribution in [0.25, 0.3) is 21.9 Å². The molecule has 0 atom stereocenters. The summed E-state index contributed by atoms with van der Waals surface area (Å²) in [6, 6.07) is 27.3. The molecule has 0 heterocycles. The van der Waals surface area contributed by atoms with Crippen LogP contribution in [0.1, 0.15) is 5.56 Å². The molecular weight excluding hydrogens is 574 g/mol. The van der Waals surface area contributed by atoms with Crippen LogP contribution in [0.15, 0.2) is 87.8 Å². The molecule has 0 aliphatic carbocycles. The summed E-state index contributed by atoms with van der Waals surface area (Å²) in [6.07, 6.45) is 0. The van der Waals surface area contributed by atoms with Crippen molar-refractivity contribution < 1.29 is 20.8 Å². The molecule has 132 valence electrons. The summed E-state index contributed by atoms with van der Waals surface area (Å²) < 4.78 is 2.31. The van der Waals surface area contributed by atoms with E-state index >= 15 is 0 Å². The Morgan fingerprint density at radius 1 is 0.923 bits per heavy atom. The van der Waals surface area contributed by atoms with Crippen molar-refractivity contribution in [3.63, 3.8) is 0 Å². The number of fused-ring (bicyclic) bond motifs is 1. The van der Waals surface area contributed by atoms with E-state index in [1.807, 2.05) is 0 Å². The van der Waals surface area contributed by atoms with E-state index in [1.165, 1.54) is 31.9 Å². The Labute approximate surface area is 190 Å². The number of hydrogen-bond donors (Lipinski definition) is 0. The van der Waals surface area contributed by atoms with Gasteiger partial charge >= 0.3 is 37.9 Å². The standard InChI is InChI=1S/C11H8Br.C10H8Br.2ClH.Zr/c12-11-7-5-10(6-8-11)9-3-1-2-4-9;1-7-5-8-3-2-4-10(11)9(8)6-7;;;/h1-8H;2-6H,1H3;2*1H;/q2*-1;;;+4/p-2. The summed E-state index contributed by atoms with van der Waals surface area (Å²) >= 11 is 6.09. The molecule has 0 radical (unpaired) electrons. The van der Waals surface area contributed by atoms with E-state index in [9.17, 15) is 0 Å². The molecule has 0 saturated carbocycles. The minimum atomic E-state index is -0.826. The van der Waals surface area contributed by atoms with Gasteiger partial charge in [0.25, 0.3) is 0 Å². The first-order valence-corrected chi connectivity index (χ1v) is 15.7. The molecule has 0 N–H and O–H groups in total. The van der Waals surface area contributed by atoms with E-state index in [1.54, 1.807) is 0 Å². The van der Waals surface area contributed by atoms with E-state index in [0.717, 1.165) is 4.47 Å². The van der Waals surface area contributed by atoms with Gasteiger partial charge in [-0.3, -0.25) is 0 Å². The van der Waals surface area contributed by atoms with E-state index in [2.05, 4.69) is 118 Å². The molecule has 0 aliphatic heterocycles. The summed E-state index contributed by atoms with van der Waals surface area (Å²) in [5.41, 5.74) is 3.87. The SMILES string of the molecule is Brc1ccc(-c2cc[cH-]c2)cc1.Cc1cc2c(Br)cccc2[cH-]1.[Cl][Zr+2][Cl]. The number of benzene rings is 2. The van der Waals surface area contributed by atoms with E-state index < -0.39 is 20.8 Å². The molecule has 0 saturated heterocycles. The third-order valence-corrected chi connectivity index (χ3v) is 4.90. The van der Waals surface area contributed by atoms with Gasteiger partial charge in [-0.25, -0.2) is 6.07 Å². The number of aryl methyl sites for hydroxylation is 1. The molecule has 4 aromatic rings. The second-order valence-corrected chi connectivity index (χ2v) is 11.0. The van der Waals surface area contributed by atoms with Gasteiger partial charge in [0, 0.05) is 4.47 Å². The fourth-order valence-electron chi connectivity index (χ4n) is 2.56. The van der Waals surface area contributed by atoms with Crippen molar-refractivity contribution in [1.29, 1.82) is 0 Å². The van der Waals surface area contributed by atoms with Crippen LogP contribution >= 0.6 is 48.9 Å². The van der Waals surface area contributed by atoms with E-state index in [-0.39, 0.29) is 0 Å².